The second kappa shape index (κ2) is 8.82. The van der Waals surface area contributed by atoms with E-state index in [1.165, 1.54) is 18.2 Å². The number of hydrogen-bond donors (Lipinski definition) is 1. The van der Waals surface area contributed by atoms with Gasteiger partial charge in [0.25, 0.3) is 0 Å². The van der Waals surface area contributed by atoms with Crippen molar-refractivity contribution in [3.05, 3.63) is 34.6 Å². The molecule has 1 aromatic carbocycles. The molecule has 1 heterocycles. The number of carbonyl (C=O) groups excluding carboxylic acids is 1. The summed E-state index contributed by atoms with van der Waals surface area (Å²) in [6, 6.07) is 4.85. The van der Waals surface area contributed by atoms with Gasteiger partial charge in [-0.15, -0.1) is 0 Å². The van der Waals surface area contributed by atoms with Crippen LogP contribution in [0.2, 0.25) is 5.02 Å². The number of nitrogens with zero attached hydrogens (tertiary/aromatic N) is 1. The topological polar surface area (TPSA) is 71.4 Å². The van der Waals surface area contributed by atoms with Crippen LogP contribution in [0.4, 0.5) is 4.39 Å². The molecule has 0 spiro atoms. The summed E-state index contributed by atoms with van der Waals surface area (Å²) in [4.78, 5) is 11.9. The molecule has 1 amide bonds. The van der Waals surface area contributed by atoms with E-state index in [1.54, 1.807) is 0 Å². The molecular formula is C16H18ClFN2O3. The SMILES string of the molecule is N#C[C@@H](NC(=O)CCOC1CCOCC1)c1c(F)cccc1Cl. The van der Waals surface area contributed by atoms with Gasteiger partial charge in [0.05, 0.1) is 25.2 Å². The molecule has 1 N–H and O–H groups in total. The minimum absolute atomic E-state index is 0.0182. The van der Waals surface area contributed by atoms with Gasteiger partial charge in [-0.1, -0.05) is 17.7 Å². The van der Waals surface area contributed by atoms with Crippen LogP contribution < -0.4 is 5.32 Å². The Morgan fingerprint density at radius 3 is 2.91 bits per heavy atom. The summed E-state index contributed by atoms with van der Waals surface area (Å²) in [7, 11) is 0. The van der Waals surface area contributed by atoms with Crippen molar-refractivity contribution in [3.63, 3.8) is 0 Å². The molecule has 1 aliphatic heterocycles. The van der Waals surface area contributed by atoms with Crippen LogP contribution in [0.3, 0.4) is 0 Å². The van der Waals surface area contributed by atoms with Crippen molar-refractivity contribution in [1.82, 2.24) is 5.32 Å². The first-order chi connectivity index (χ1) is 11.1. The minimum Gasteiger partial charge on any atom is -0.381 e. The highest BCUT2D eigenvalue weighted by atomic mass is 35.5. The van der Waals surface area contributed by atoms with E-state index >= 15 is 0 Å². The van der Waals surface area contributed by atoms with E-state index in [4.69, 9.17) is 21.1 Å². The fraction of sp³-hybridized carbons (Fsp3) is 0.500. The van der Waals surface area contributed by atoms with Crippen molar-refractivity contribution in [1.29, 1.82) is 5.26 Å². The fourth-order valence-electron chi connectivity index (χ4n) is 2.35. The Morgan fingerprint density at radius 1 is 1.52 bits per heavy atom. The molecule has 1 saturated heterocycles. The van der Waals surface area contributed by atoms with E-state index in [0.717, 1.165) is 12.8 Å². The molecule has 1 aliphatic rings. The maximum Gasteiger partial charge on any atom is 0.223 e. The zero-order chi connectivity index (χ0) is 16.7. The number of nitrogens with one attached hydrogen (secondary N) is 1. The van der Waals surface area contributed by atoms with Gasteiger partial charge >= 0.3 is 0 Å². The van der Waals surface area contributed by atoms with Gasteiger partial charge in [-0.3, -0.25) is 4.79 Å². The Morgan fingerprint density at radius 2 is 2.26 bits per heavy atom. The summed E-state index contributed by atoms with van der Waals surface area (Å²) in [6.45, 7) is 1.58. The Hall–Kier alpha value is -1.68. The predicted octanol–water partition coefficient (Wildman–Crippen LogP) is 2.75. The van der Waals surface area contributed by atoms with Crippen molar-refractivity contribution in [2.45, 2.75) is 31.4 Å². The summed E-state index contributed by atoms with van der Waals surface area (Å²) >= 11 is 5.91. The molecule has 0 unspecified atom stereocenters. The maximum atomic E-state index is 13.8. The van der Waals surface area contributed by atoms with Crippen LogP contribution in [0.1, 0.15) is 30.9 Å². The lowest BCUT2D eigenvalue weighted by molar-refractivity contribution is -0.123. The Kier molecular flexibility index (Phi) is 6.78. The van der Waals surface area contributed by atoms with E-state index in [9.17, 15) is 14.4 Å². The lowest BCUT2D eigenvalue weighted by Gasteiger charge is -2.22. The van der Waals surface area contributed by atoms with Gasteiger partial charge in [-0.05, 0) is 25.0 Å². The number of ether oxygens (including phenoxy) is 2. The molecule has 1 atom stereocenters. The van der Waals surface area contributed by atoms with E-state index in [-0.39, 0.29) is 35.6 Å². The van der Waals surface area contributed by atoms with Gasteiger partial charge < -0.3 is 14.8 Å². The second-order valence-electron chi connectivity index (χ2n) is 5.20. The molecule has 1 aromatic rings. The zero-order valence-electron chi connectivity index (χ0n) is 12.6. The van der Waals surface area contributed by atoms with Crippen LogP contribution in [0.15, 0.2) is 18.2 Å². The average Bonchev–Trinajstić information content (AvgIpc) is 2.54. The summed E-state index contributed by atoms with van der Waals surface area (Å²) in [5, 5.41) is 11.8. The van der Waals surface area contributed by atoms with Crippen LogP contribution in [-0.2, 0) is 14.3 Å². The average molecular weight is 341 g/mol. The molecule has 0 aromatic heterocycles. The molecular weight excluding hydrogens is 323 g/mol. The molecule has 23 heavy (non-hydrogen) atoms. The van der Waals surface area contributed by atoms with Crippen LogP contribution >= 0.6 is 11.6 Å². The largest absolute Gasteiger partial charge is 0.381 e. The smallest absolute Gasteiger partial charge is 0.223 e. The summed E-state index contributed by atoms with van der Waals surface area (Å²) in [5.74, 6) is -1.01. The lowest BCUT2D eigenvalue weighted by atomic mass is 10.1. The molecule has 0 aliphatic carbocycles. The van der Waals surface area contributed by atoms with Gasteiger partial charge in [0, 0.05) is 23.8 Å². The molecule has 2 rings (SSSR count). The lowest BCUT2D eigenvalue weighted by Crippen LogP contribution is -2.30. The Balaban J connectivity index is 1.84. The summed E-state index contributed by atoms with van der Waals surface area (Å²) in [6.07, 6.45) is 1.83. The van der Waals surface area contributed by atoms with Crippen molar-refractivity contribution >= 4 is 17.5 Å². The van der Waals surface area contributed by atoms with Crippen LogP contribution in [0.5, 0.6) is 0 Å². The van der Waals surface area contributed by atoms with E-state index < -0.39 is 11.9 Å². The number of benzene rings is 1. The third-order valence-corrected chi connectivity index (χ3v) is 3.90. The van der Waals surface area contributed by atoms with Gasteiger partial charge in [0.15, 0.2) is 0 Å². The molecule has 0 radical (unpaired) electrons. The summed E-state index contributed by atoms with van der Waals surface area (Å²) in [5.41, 5.74) is -0.0182. The van der Waals surface area contributed by atoms with Crippen LogP contribution in [-0.4, -0.2) is 31.8 Å². The number of halogens is 2. The van der Waals surface area contributed by atoms with Crippen molar-refractivity contribution < 1.29 is 18.7 Å². The minimum atomic E-state index is -1.13. The fourth-order valence-corrected chi connectivity index (χ4v) is 2.62. The van der Waals surface area contributed by atoms with Crippen molar-refractivity contribution in [2.24, 2.45) is 0 Å². The first-order valence-corrected chi connectivity index (χ1v) is 7.82. The van der Waals surface area contributed by atoms with Gasteiger partial charge in [0.2, 0.25) is 5.91 Å². The Labute approximate surface area is 139 Å². The third-order valence-electron chi connectivity index (χ3n) is 3.57. The van der Waals surface area contributed by atoms with Crippen molar-refractivity contribution in [3.8, 4) is 6.07 Å². The first kappa shape index (κ1) is 17.7. The molecule has 0 saturated carbocycles. The summed E-state index contributed by atoms with van der Waals surface area (Å²) < 4.78 is 24.6. The second-order valence-corrected chi connectivity index (χ2v) is 5.60. The zero-order valence-corrected chi connectivity index (χ0v) is 13.3. The molecule has 7 heteroatoms. The Bertz CT molecular complexity index is 565. The van der Waals surface area contributed by atoms with Gasteiger partial charge in [-0.2, -0.15) is 5.26 Å². The van der Waals surface area contributed by atoms with Crippen LogP contribution in [0.25, 0.3) is 0 Å². The highest BCUT2D eigenvalue weighted by Gasteiger charge is 2.21. The monoisotopic (exact) mass is 340 g/mol. The third kappa shape index (κ3) is 5.17. The highest BCUT2D eigenvalue weighted by Crippen LogP contribution is 2.25. The van der Waals surface area contributed by atoms with Gasteiger partial charge in [0.1, 0.15) is 11.9 Å². The molecule has 1 fully saturated rings. The standard InChI is InChI=1S/C16H18ClFN2O3/c17-12-2-1-3-13(18)16(12)14(10-19)20-15(21)6-9-23-11-4-7-22-8-5-11/h1-3,11,14H,4-9H2,(H,20,21)/t14-/m1/s1. The van der Waals surface area contributed by atoms with Crippen LogP contribution in [0, 0.1) is 17.1 Å². The van der Waals surface area contributed by atoms with Gasteiger partial charge in [-0.25, -0.2) is 4.39 Å². The quantitative estimate of drug-likeness (QED) is 0.864. The van der Waals surface area contributed by atoms with E-state index in [2.05, 4.69) is 5.32 Å². The first-order valence-electron chi connectivity index (χ1n) is 7.44. The maximum absolute atomic E-state index is 13.8. The number of nitriles is 1. The number of hydrogen-bond acceptors (Lipinski definition) is 4. The highest BCUT2D eigenvalue weighted by molar-refractivity contribution is 6.31. The number of amides is 1. The molecule has 5 nitrogen and oxygen atoms in total. The number of rotatable bonds is 6. The van der Waals surface area contributed by atoms with E-state index in [0.29, 0.717) is 13.2 Å². The molecule has 124 valence electrons. The van der Waals surface area contributed by atoms with E-state index in [1.807, 2.05) is 6.07 Å². The number of carbonyl (C=O) groups is 1. The predicted molar refractivity (Wildman–Crippen MR) is 82.3 cm³/mol. The normalized spacial score (nSPS) is 16.6. The van der Waals surface area contributed by atoms with Crippen molar-refractivity contribution in [2.75, 3.05) is 19.8 Å². The molecule has 0 bridgehead atoms.